The lowest BCUT2D eigenvalue weighted by molar-refractivity contribution is -0.136. The molecule has 2 saturated heterocycles. The summed E-state index contributed by atoms with van der Waals surface area (Å²) in [5.41, 5.74) is 2.30. The van der Waals surface area contributed by atoms with Gasteiger partial charge in [-0.2, -0.15) is 0 Å². The first kappa shape index (κ1) is 18.1. The second kappa shape index (κ2) is 6.87. The predicted octanol–water partition coefficient (Wildman–Crippen LogP) is 0.197. The molecule has 2 aliphatic heterocycles. The number of fused-ring (bicyclic) bond motifs is 1. The van der Waals surface area contributed by atoms with Gasteiger partial charge in [0.15, 0.2) is 9.84 Å². The summed E-state index contributed by atoms with van der Waals surface area (Å²) in [6.07, 6.45) is 2.19. The fourth-order valence-electron chi connectivity index (χ4n) is 3.52. The van der Waals surface area contributed by atoms with Gasteiger partial charge in [0.1, 0.15) is 11.4 Å². The molecule has 3 rings (SSSR count). The zero-order chi connectivity index (χ0) is 18.2. The predicted molar refractivity (Wildman–Crippen MR) is 91.7 cm³/mol. The van der Waals surface area contributed by atoms with Crippen molar-refractivity contribution in [2.45, 2.75) is 39.3 Å². The fraction of sp³-hybridized carbons (Fsp3) is 0.688. The van der Waals surface area contributed by atoms with Crippen LogP contribution in [-0.2, 0) is 21.1 Å². The van der Waals surface area contributed by atoms with Crippen LogP contribution in [0.1, 0.15) is 25.2 Å². The molecule has 25 heavy (non-hydrogen) atoms. The number of hydrogen-bond donors (Lipinski definition) is 0. The summed E-state index contributed by atoms with van der Waals surface area (Å²) in [6.45, 7) is 7.69. The van der Waals surface area contributed by atoms with E-state index >= 15 is 0 Å². The SMILES string of the molecule is CC(C)=CCN1CCN(C(=O)Cc2nonc2C)[C@H]2CS(=O)(=O)C[C@H]21. The molecule has 9 heteroatoms. The highest BCUT2D eigenvalue weighted by molar-refractivity contribution is 7.91. The molecule has 1 amide bonds. The van der Waals surface area contributed by atoms with Crippen molar-refractivity contribution in [2.75, 3.05) is 31.1 Å². The highest BCUT2D eigenvalue weighted by Gasteiger charge is 2.47. The molecule has 0 N–H and O–H groups in total. The van der Waals surface area contributed by atoms with Gasteiger partial charge in [0.05, 0.1) is 24.0 Å². The van der Waals surface area contributed by atoms with Crippen molar-refractivity contribution >= 4 is 15.7 Å². The number of carbonyl (C=O) groups is 1. The Bertz CT molecular complexity index is 782. The summed E-state index contributed by atoms with van der Waals surface area (Å²) in [4.78, 5) is 16.6. The molecule has 8 nitrogen and oxygen atoms in total. The van der Waals surface area contributed by atoms with Gasteiger partial charge in [0.2, 0.25) is 5.91 Å². The van der Waals surface area contributed by atoms with Gasteiger partial charge in [-0.3, -0.25) is 9.69 Å². The van der Waals surface area contributed by atoms with Crippen LogP contribution < -0.4 is 0 Å². The Labute approximate surface area is 147 Å². The van der Waals surface area contributed by atoms with E-state index in [4.69, 9.17) is 0 Å². The highest BCUT2D eigenvalue weighted by atomic mass is 32.2. The van der Waals surface area contributed by atoms with E-state index in [1.165, 1.54) is 5.57 Å². The van der Waals surface area contributed by atoms with Gasteiger partial charge in [-0.15, -0.1) is 0 Å². The number of amides is 1. The van der Waals surface area contributed by atoms with E-state index in [1.54, 1.807) is 11.8 Å². The van der Waals surface area contributed by atoms with Gasteiger partial charge in [0, 0.05) is 25.7 Å². The van der Waals surface area contributed by atoms with Crippen LogP contribution in [0.3, 0.4) is 0 Å². The molecule has 1 aromatic rings. The third-order valence-corrected chi connectivity index (χ3v) is 6.61. The van der Waals surface area contributed by atoms with Crippen molar-refractivity contribution in [3.8, 4) is 0 Å². The van der Waals surface area contributed by atoms with E-state index in [0.717, 1.165) is 0 Å². The van der Waals surface area contributed by atoms with Crippen LogP contribution in [0, 0.1) is 6.92 Å². The molecule has 1 aromatic heterocycles. The fourth-order valence-corrected chi connectivity index (χ4v) is 5.53. The quantitative estimate of drug-likeness (QED) is 0.700. The van der Waals surface area contributed by atoms with E-state index in [1.807, 2.05) is 13.8 Å². The molecular formula is C16H24N4O4S. The van der Waals surface area contributed by atoms with E-state index in [2.05, 4.69) is 25.9 Å². The Hall–Kier alpha value is -1.74. The Kier molecular flexibility index (Phi) is 4.97. The minimum Gasteiger partial charge on any atom is -0.335 e. The lowest BCUT2D eigenvalue weighted by Crippen LogP contribution is -2.60. The average Bonchev–Trinajstić information content (AvgIpc) is 3.06. The summed E-state index contributed by atoms with van der Waals surface area (Å²) in [5.74, 6) is 0.0284. The number of carbonyl (C=O) groups excluding carboxylic acids is 1. The Morgan fingerprint density at radius 2 is 1.96 bits per heavy atom. The van der Waals surface area contributed by atoms with Crippen LogP contribution in [0.4, 0.5) is 0 Å². The Morgan fingerprint density at radius 1 is 1.24 bits per heavy atom. The first-order chi connectivity index (χ1) is 11.8. The molecular weight excluding hydrogens is 344 g/mol. The summed E-state index contributed by atoms with van der Waals surface area (Å²) in [5, 5.41) is 7.45. The highest BCUT2D eigenvalue weighted by Crippen LogP contribution is 2.27. The first-order valence-corrected chi connectivity index (χ1v) is 10.2. The number of sulfone groups is 1. The van der Waals surface area contributed by atoms with E-state index in [-0.39, 0.29) is 35.9 Å². The summed E-state index contributed by atoms with van der Waals surface area (Å²) in [7, 11) is -3.14. The second-order valence-corrected chi connectivity index (χ2v) is 9.20. The normalized spacial score (nSPS) is 25.6. The molecule has 2 atom stereocenters. The van der Waals surface area contributed by atoms with Crippen molar-refractivity contribution in [1.82, 2.24) is 20.1 Å². The number of rotatable bonds is 4. The monoisotopic (exact) mass is 368 g/mol. The van der Waals surface area contributed by atoms with Gasteiger partial charge >= 0.3 is 0 Å². The molecule has 0 spiro atoms. The number of aryl methyl sites for hydroxylation is 1. The third kappa shape index (κ3) is 3.92. The van der Waals surface area contributed by atoms with Crippen LogP contribution in [0.25, 0.3) is 0 Å². The molecule has 0 unspecified atom stereocenters. The van der Waals surface area contributed by atoms with Gasteiger partial charge in [0.25, 0.3) is 0 Å². The van der Waals surface area contributed by atoms with Crippen molar-refractivity contribution in [3.63, 3.8) is 0 Å². The van der Waals surface area contributed by atoms with Crippen LogP contribution in [-0.4, -0.2) is 77.7 Å². The minimum absolute atomic E-state index is 0.0325. The van der Waals surface area contributed by atoms with Crippen molar-refractivity contribution in [1.29, 1.82) is 0 Å². The maximum atomic E-state index is 12.7. The van der Waals surface area contributed by atoms with Crippen LogP contribution >= 0.6 is 0 Å². The topological polar surface area (TPSA) is 96.6 Å². The molecule has 0 aromatic carbocycles. The summed E-state index contributed by atoms with van der Waals surface area (Å²) >= 11 is 0. The van der Waals surface area contributed by atoms with Gasteiger partial charge in [-0.05, 0) is 20.8 Å². The van der Waals surface area contributed by atoms with E-state index in [0.29, 0.717) is 31.0 Å². The third-order valence-electron chi connectivity index (χ3n) is 4.91. The van der Waals surface area contributed by atoms with Crippen molar-refractivity contribution in [2.24, 2.45) is 0 Å². The maximum absolute atomic E-state index is 12.7. The molecule has 0 saturated carbocycles. The number of allylic oxidation sites excluding steroid dienone is 1. The average molecular weight is 368 g/mol. The lowest BCUT2D eigenvalue weighted by Gasteiger charge is -2.43. The van der Waals surface area contributed by atoms with Crippen molar-refractivity contribution < 1.29 is 17.8 Å². The number of piperazine rings is 1. The van der Waals surface area contributed by atoms with Gasteiger partial charge < -0.3 is 4.90 Å². The number of nitrogens with zero attached hydrogens (tertiary/aromatic N) is 4. The Morgan fingerprint density at radius 3 is 2.60 bits per heavy atom. The van der Waals surface area contributed by atoms with Gasteiger partial charge in [-0.1, -0.05) is 22.0 Å². The zero-order valence-electron chi connectivity index (χ0n) is 14.8. The summed E-state index contributed by atoms with van der Waals surface area (Å²) < 4.78 is 29.0. The number of hydrogen-bond acceptors (Lipinski definition) is 7. The molecule has 2 fully saturated rings. The largest absolute Gasteiger partial charge is 0.335 e. The molecule has 0 radical (unpaired) electrons. The van der Waals surface area contributed by atoms with E-state index in [9.17, 15) is 13.2 Å². The van der Waals surface area contributed by atoms with Crippen LogP contribution in [0.2, 0.25) is 0 Å². The minimum atomic E-state index is -3.14. The zero-order valence-corrected chi connectivity index (χ0v) is 15.6. The summed E-state index contributed by atoms with van der Waals surface area (Å²) in [6, 6.07) is -0.438. The van der Waals surface area contributed by atoms with Crippen LogP contribution in [0.5, 0.6) is 0 Å². The molecule has 0 aliphatic carbocycles. The first-order valence-electron chi connectivity index (χ1n) is 8.42. The lowest BCUT2D eigenvalue weighted by atomic mass is 10.0. The molecule has 3 heterocycles. The van der Waals surface area contributed by atoms with Crippen molar-refractivity contribution in [3.05, 3.63) is 23.0 Å². The second-order valence-electron chi connectivity index (χ2n) is 7.05. The Balaban J connectivity index is 1.77. The standard InChI is InChI=1S/C16H24N4O4S/c1-11(2)4-5-19-6-7-20(15-10-25(22,23)9-14(15)19)16(21)8-13-12(3)17-24-18-13/h4,14-15H,5-10H2,1-3H3/t14-,15+/m1/s1. The molecule has 0 bridgehead atoms. The number of aromatic nitrogens is 2. The van der Waals surface area contributed by atoms with Crippen LogP contribution in [0.15, 0.2) is 16.3 Å². The molecule has 2 aliphatic rings. The van der Waals surface area contributed by atoms with E-state index < -0.39 is 9.84 Å². The van der Waals surface area contributed by atoms with Gasteiger partial charge in [-0.25, -0.2) is 13.0 Å². The maximum Gasteiger partial charge on any atom is 0.229 e. The smallest absolute Gasteiger partial charge is 0.229 e. The molecule has 138 valence electrons.